The monoisotopic (exact) mass is 516 g/mol. The van der Waals surface area contributed by atoms with Gasteiger partial charge in [-0.2, -0.15) is 18.2 Å². The van der Waals surface area contributed by atoms with Crippen molar-refractivity contribution in [3.05, 3.63) is 172 Å². The van der Waals surface area contributed by atoms with E-state index in [0.29, 0.717) is 0 Å². The summed E-state index contributed by atoms with van der Waals surface area (Å²) in [6, 6.07) is 50.4. The fourth-order valence-electron chi connectivity index (χ4n) is 3.60. The van der Waals surface area contributed by atoms with E-state index < -0.39 is 0 Å². The summed E-state index contributed by atoms with van der Waals surface area (Å²) in [5.41, 5.74) is 2.66. The van der Waals surface area contributed by atoms with Gasteiger partial charge in [0, 0.05) is 0 Å². The van der Waals surface area contributed by atoms with E-state index in [4.69, 9.17) is 0 Å². The van der Waals surface area contributed by atoms with Crippen LogP contribution in [0, 0.1) is 14.9 Å². The van der Waals surface area contributed by atoms with Crippen molar-refractivity contribution in [3.8, 4) is 0 Å². The Balaban J connectivity index is 0.000000191. The van der Waals surface area contributed by atoms with Gasteiger partial charge in [0.2, 0.25) is 0 Å². The summed E-state index contributed by atoms with van der Waals surface area (Å²) in [5.74, 6) is 0. The maximum atomic E-state index is 2.24. The van der Waals surface area contributed by atoms with Gasteiger partial charge >= 0.3 is 99.2 Å². The first-order chi connectivity index (χ1) is 15.8. The van der Waals surface area contributed by atoms with Crippen molar-refractivity contribution in [2.24, 2.45) is 0 Å². The van der Waals surface area contributed by atoms with E-state index in [2.05, 4.69) is 115 Å². The van der Waals surface area contributed by atoms with E-state index in [1.165, 1.54) is 60.1 Å². The first-order valence-electron chi connectivity index (χ1n) is 10.7. The first kappa shape index (κ1) is 27.1. The Bertz CT molecular complexity index is 1250. The molecule has 0 amide bonds. The molecule has 34 heavy (non-hydrogen) atoms. The number of rotatable bonds is 2. The Morgan fingerprint density at radius 2 is 0.853 bits per heavy atom. The number of benzene rings is 4. The smallest absolute Gasteiger partial charge is 0.0771 e. The van der Waals surface area contributed by atoms with Gasteiger partial charge < -0.3 is 14.9 Å². The normalized spacial score (nSPS) is 9.38. The Hall–Kier alpha value is -3.15. The molecule has 0 spiro atoms. The van der Waals surface area contributed by atoms with Crippen LogP contribution in [0.5, 0.6) is 0 Å². The molecule has 6 aromatic rings. The Labute approximate surface area is 219 Å². The molecule has 0 radical (unpaired) electrons. The van der Waals surface area contributed by atoms with Crippen LogP contribution in [0.4, 0.5) is 0 Å². The molecule has 1 heteroatoms. The van der Waals surface area contributed by atoms with Gasteiger partial charge in [-0.25, -0.2) is 12.1 Å². The molecule has 0 aliphatic heterocycles. The fraction of sp³-hybridized carbons (Fsp3) is 0. The Morgan fingerprint density at radius 1 is 0.471 bits per heavy atom. The molecule has 6 rings (SSSR count). The molecule has 0 heterocycles. The van der Waals surface area contributed by atoms with Crippen LogP contribution >= 0.6 is 0 Å². The second-order valence-electron chi connectivity index (χ2n) is 7.39. The molecule has 0 atom stereocenters. The minimum absolute atomic E-state index is 0. The molecular weight excluding hydrogens is 488 g/mol. The van der Waals surface area contributed by atoms with Crippen molar-refractivity contribution in [2.45, 2.75) is 0 Å². The Morgan fingerprint density at radius 3 is 1.24 bits per heavy atom. The van der Waals surface area contributed by atoms with E-state index in [9.17, 15) is 0 Å². The summed E-state index contributed by atoms with van der Waals surface area (Å²) >= 11 is 1.46. The molecule has 170 valence electrons. The van der Waals surface area contributed by atoms with Crippen molar-refractivity contribution in [1.29, 1.82) is 0 Å². The molecule has 0 aromatic heterocycles. The SMILES string of the molecule is [CH3-].[CH3-].[Zr]=[C](c1ccccc1)c1ccccc1.c1cc[cH-]c1.c1ccc2c(c1)[cH-]c1ccccc12. The van der Waals surface area contributed by atoms with Crippen molar-refractivity contribution in [1.82, 2.24) is 0 Å². The van der Waals surface area contributed by atoms with Gasteiger partial charge in [-0.1, -0.05) is 36.4 Å². The zero-order valence-corrected chi connectivity index (χ0v) is 22.3. The fourth-order valence-corrected chi connectivity index (χ4v) is 4.42. The van der Waals surface area contributed by atoms with Crippen molar-refractivity contribution < 1.29 is 24.2 Å². The second kappa shape index (κ2) is 14.2. The summed E-state index contributed by atoms with van der Waals surface area (Å²) in [6.45, 7) is 0. The molecule has 0 aliphatic rings. The molecule has 0 unspecified atom stereocenters. The standard InChI is InChI=1S/C13H9.C13H10.C5H5.2CH3.Zr/c1-3-7-12-10(5-1)9-11-6-2-4-8-13(11)12;1-3-7-12(8-4-1)11-13-9-5-2-6-10-13;1-2-4-5-3-1;;;/h1-9H;1-10H;1-5H;2*1H3;/q-1;;3*-1;. The van der Waals surface area contributed by atoms with Gasteiger partial charge in [-0.3, -0.25) is 0 Å². The second-order valence-corrected chi connectivity index (χ2v) is 8.62. The average molecular weight is 518 g/mol. The summed E-state index contributed by atoms with van der Waals surface area (Å²) in [7, 11) is 0. The van der Waals surface area contributed by atoms with Crippen LogP contribution in [0.3, 0.4) is 0 Å². The van der Waals surface area contributed by atoms with Gasteiger partial charge in [0.1, 0.15) is 0 Å². The largest absolute Gasteiger partial charge is 0.214 e. The van der Waals surface area contributed by atoms with E-state index in [-0.39, 0.29) is 14.9 Å². The summed E-state index contributed by atoms with van der Waals surface area (Å²) in [6.07, 6.45) is 0. The van der Waals surface area contributed by atoms with E-state index in [1.54, 1.807) is 0 Å². The van der Waals surface area contributed by atoms with E-state index in [1.807, 2.05) is 30.3 Å². The zero-order chi connectivity index (χ0) is 22.0. The molecule has 0 saturated carbocycles. The molecule has 0 aliphatic carbocycles. The van der Waals surface area contributed by atoms with Gasteiger partial charge in [-0.15, -0.1) is 39.7 Å². The minimum atomic E-state index is 0. The van der Waals surface area contributed by atoms with Gasteiger partial charge in [0.05, 0.1) is 0 Å². The van der Waals surface area contributed by atoms with Gasteiger partial charge in [0.25, 0.3) is 0 Å². The molecule has 0 N–H and O–H groups in total. The molecule has 0 nitrogen and oxygen atoms in total. The van der Waals surface area contributed by atoms with Crippen molar-refractivity contribution >= 4 is 24.8 Å². The minimum Gasteiger partial charge on any atom is -0.214 e. The predicted octanol–water partition coefficient (Wildman–Crippen LogP) is 8.82. The topological polar surface area (TPSA) is 0 Å². The quantitative estimate of drug-likeness (QED) is 0.201. The zero-order valence-electron chi connectivity index (χ0n) is 19.9. The molecule has 6 aromatic carbocycles. The molecule has 0 saturated heterocycles. The third kappa shape index (κ3) is 7.18. The summed E-state index contributed by atoms with van der Waals surface area (Å²) < 4.78 is 1.42. The van der Waals surface area contributed by atoms with Crippen LogP contribution in [0.2, 0.25) is 0 Å². The number of hydrogen-bond acceptors (Lipinski definition) is 0. The van der Waals surface area contributed by atoms with Crippen LogP contribution in [0.1, 0.15) is 11.1 Å². The number of fused-ring (bicyclic) bond motifs is 3. The molecular formula is C33H30Zr-4. The van der Waals surface area contributed by atoms with Gasteiger partial charge in [0.15, 0.2) is 0 Å². The van der Waals surface area contributed by atoms with Gasteiger partial charge in [-0.05, 0) is 0 Å². The first-order valence-corrected chi connectivity index (χ1v) is 11.9. The van der Waals surface area contributed by atoms with Crippen molar-refractivity contribution in [2.75, 3.05) is 0 Å². The van der Waals surface area contributed by atoms with Crippen LogP contribution in [-0.4, -0.2) is 3.21 Å². The molecule has 0 fully saturated rings. The van der Waals surface area contributed by atoms with Crippen LogP contribution < -0.4 is 0 Å². The summed E-state index contributed by atoms with van der Waals surface area (Å²) in [5, 5.41) is 5.39. The van der Waals surface area contributed by atoms with Crippen LogP contribution in [0.25, 0.3) is 21.5 Å². The third-order valence-corrected chi connectivity index (χ3v) is 6.62. The summed E-state index contributed by atoms with van der Waals surface area (Å²) in [4.78, 5) is 0. The van der Waals surface area contributed by atoms with Crippen molar-refractivity contribution in [3.63, 3.8) is 0 Å². The van der Waals surface area contributed by atoms with Crippen LogP contribution in [0.15, 0.2) is 146 Å². The Kier molecular flexibility index (Phi) is 11.3. The van der Waals surface area contributed by atoms with Crippen LogP contribution in [-0.2, 0) is 24.2 Å². The average Bonchev–Trinajstić information content (AvgIpc) is 3.57. The molecule has 0 bridgehead atoms. The number of hydrogen-bond donors (Lipinski definition) is 0. The predicted molar refractivity (Wildman–Crippen MR) is 148 cm³/mol. The van der Waals surface area contributed by atoms with E-state index in [0.717, 1.165) is 0 Å². The maximum Gasteiger partial charge on any atom is -0.0771 e. The maximum absolute atomic E-state index is 2.24. The van der Waals surface area contributed by atoms with E-state index >= 15 is 0 Å². The third-order valence-electron chi connectivity index (χ3n) is 5.20.